The number of nitrogens with one attached hydrogen (secondary N) is 1. The van der Waals surface area contributed by atoms with Crippen molar-refractivity contribution < 1.29 is 9.53 Å². The van der Waals surface area contributed by atoms with Crippen LogP contribution in [-0.4, -0.2) is 41.1 Å². The summed E-state index contributed by atoms with van der Waals surface area (Å²) in [7, 11) is 0. The van der Waals surface area contributed by atoms with Crippen LogP contribution < -0.4 is 5.32 Å². The SMILES string of the molecule is C[C@H]1CN(Cc2csc(NC(=O)c3ccc(C#N)cc3)n2)C[C@H](C)O1. The molecule has 130 valence electrons. The van der Waals surface area contributed by atoms with E-state index in [1.807, 2.05) is 11.4 Å². The molecule has 0 unspecified atom stereocenters. The van der Waals surface area contributed by atoms with Gasteiger partial charge in [0.25, 0.3) is 5.91 Å². The van der Waals surface area contributed by atoms with Gasteiger partial charge in [-0.05, 0) is 38.1 Å². The molecule has 7 heteroatoms. The highest BCUT2D eigenvalue weighted by Gasteiger charge is 2.22. The standard InChI is InChI=1S/C18H20N4O2S/c1-12-8-22(9-13(2)24-12)10-16-11-25-18(20-16)21-17(23)15-5-3-14(7-19)4-6-15/h3-6,11-13H,8-10H2,1-2H3,(H,20,21,23)/t12-,13-/m0/s1. The van der Waals surface area contributed by atoms with Crippen LogP contribution in [0.2, 0.25) is 0 Å². The molecule has 25 heavy (non-hydrogen) atoms. The van der Waals surface area contributed by atoms with E-state index in [4.69, 9.17) is 10.00 Å². The zero-order chi connectivity index (χ0) is 17.8. The predicted molar refractivity (Wildman–Crippen MR) is 96.5 cm³/mol. The van der Waals surface area contributed by atoms with Crippen LogP contribution in [0, 0.1) is 11.3 Å². The molecular formula is C18H20N4O2S. The van der Waals surface area contributed by atoms with Crippen molar-refractivity contribution >= 4 is 22.4 Å². The van der Waals surface area contributed by atoms with Crippen molar-refractivity contribution in [2.45, 2.75) is 32.6 Å². The molecule has 6 nitrogen and oxygen atoms in total. The van der Waals surface area contributed by atoms with Gasteiger partial charge in [0.15, 0.2) is 5.13 Å². The van der Waals surface area contributed by atoms with Crippen LogP contribution >= 0.6 is 11.3 Å². The number of morpholine rings is 1. The van der Waals surface area contributed by atoms with Crippen molar-refractivity contribution in [3.8, 4) is 6.07 Å². The first kappa shape index (κ1) is 17.5. The van der Waals surface area contributed by atoms with Gasteiger partial charge >= 0.3 is 0 Å². The maximum absolute atomic E-state index is 12.2. The molecule has 0 spiro atoms. The van der Waals surface area contributed by atoms with E-state index in [1.165, 1.54) is 11.3 Å². The molecule has 3 rings (SSSR count). The van der Waals surface area contributed by atoms with Crippen LogP contribution in [0.3, 0.4) is 0 Å². The summed E-state index contributed by atoms with van der Waals surface area (Å²) in [5.41, 5.74) is 1.98. The molecular weight excluding hydrogens is 336 g/mol. The maximum atomic E-state index is 12.2. The number of nitriles is 1. The summed E-state index contributed by atoms with van der Waals surface area (Å²) in [6, 6.07) is 8.57. The number of carbonyl (C=O) groups is 1. The summed E-state index contributed by atoms with van der Waals surface area (Å²) in [5.74, 6) is -0.223. The number of thiazole rings is 1. The number of nitrogens with zero attached hydrogens (tertiary/aromatic N) is 3. The molecule has 1 aromatic carbocycles. The molecule has 2 heterocycles. The Kier molecular flexibility index (Phi) is 5.43. The minimum absolute atomic E-state index is 0.220. The van der Waals surface area contributed by atoms with E-state index in [-0.39, 0.29) is 18.1 Å². The van der Waals surface area contributed by atoms with Gasteiger partial charge in [-0.15, -0.1) is 11.3 Å². The van der Waals surface area contributed by atoms with Crippen LogP contribution in [0.4, 0.5) is 5.13 Å². The lowest BCUT2D eigenvalue weighted by atomic mass is 10.1. The Morgan fingerprint density at radius 1 is 1.36 bits per heavy atom. The minimum Gasteiger partial charge on any atom is -0.373 e. The molecule has 2 aromatic rings. The van der Waals surface area contributed by atoms with Crippen LogP contribution in [0.5, 0.6) is 0 Å². The molecule has 2 atom stereocenters. The van der Waals surface area contributed by atoms with E-state index in [2.05, 4.69) is 29.0 Å². The highest BCUT2D eigenvalue weighted by atomic mass is 32.1. The van der Waals surface area contributed by atoms with E-state index in [0.29, 0.717) is 16.3 Å². The summed E-state index contributed by atoms with van der Waals surface area (Å²) in [6.45, 7) is 6.67. The van der Waals surface area contributed by atoms with E-state index in [9.17, 15) is 4.79 Å². The van der Waals surface area contributed by atoms with Gasteiger partial charge in [-0.3, -0.25) is 15.0 Å². The number of ether oxygens (including phenoxy) is 1. The summed E-state index contributed by atoms with van der Waals surface area (Å²) in [5, 5.41) is 14.2. The average Bonchev–Trinajstić information content (AvgIpc) is 3.00. The van der Waals surface area contributed by atoms with E-state index in [1.54, 1.807) is 24.3 Å². The number of hydrogen-bond acceptors (Lipinski definition) is 6. The monoisotopic (exact) mass is 356 g/mol. The number of benzene rings is 1. The molecule has 0 bridgehead atoms. The van der Waals surface area contributed by atoms with Crippen molar-refractivity contribution in [3.05, 3.63) is 46.5 Å². The van der Waals surface area contributed by atoms with Crippen molar-refractivity contribution in [2.75, 3.05) is 18.4 Å². The summed E-state index contributed by atoms with van der Waals surface area (Å²) >= 11 is 1.42. The molecule has 1 aromatic heterocycles. The van der Waals surface area contributed by atoms with Crippen molar-refractivity contribution in [1.29, 1.82) is 5.26 Å². The Bertz CT molecular complexity index is 771. The third-order valence-corrected chi connectivity index (χ3v) is 4.74. The molecule has 1 amide bonds. The molecule has 1 aliphatic heterocycles. The van der Waals surface area contributed by atoms with Gasteiger partial charge in [0.2, 0.25) is 0 Å². The van der Waals surface area contributed by atoms with Gasteiger partial charge in [0.1, 0.15) is 0 Å². The van der Waals surface area contributed by atoms with Crippen molar-refractivity contribution in [3.63, 3.8) is 0 Å². The van der Waals surface area contributed by atoms with Gasteiger partial charge in [0.05, 0.1) is 29.5 Å². The Hall–Kier alpha value is -2.27. The molecule has 0 radical (unpaired) electrons. The van der Waals surface area contributed by atoms with Gasteiger partial charge in [-0.1, -0.05) is 0 Å². The lowest BCUT2D eigenvalue weighted by molar-refractivity contribution is -0.0707. The Morgan fingerprint density at radius 3 is 2.68 bits per heavy atom. The number of hydrogen-bond donors (Lipinski definition) is 1. The normalized spacial score (nSPS) is 20.8. The first-order chi connectivity index (χ1) is 12.0. The third kappa shape index (κ3) is 4.63. The van der Waals surface area contributed by atoms with Crippen molar-refractivity contribution in [2.24, 2.45) is 0 Å². The average molecular weight is 356 g/mol. The van der Waals surface area contributed by atoms with Gasteiger partial charge in [-0.25, -0.2) is 4.98 Å². The first-order valence-electron chi connectivity index (χ1n) is 8.17. The van der Waals surface area contributed by atoms with Gasteiger partial charge < -0.3 is 4.74 Å². The van der Waals surface area contributed by atoms with Crippen LogP contribution in [0.15, 0.2) is 29.6 Å². The van der Waals surface area contributed by atoms with Crippen LogP contribution in [0.25, 0.3) is 0 Å². The maximum Gasteiger partial charge on any atom is 0.257 e. The first-order valence-corrected chi connectivity index (χ1v) is 9.05. The quantitative estimate of drug-likeness (QED) is 0.911. The number of carbonyl (C=O) groups excluding carboxylic acids is 1. The second kappa shape index (κ2) is 7.74. The zero-order valence-corrected chi connectivity index (χ0v) is 15.0. The summed E-state index contributed by atoms with van der Waals surface area (Å²) < 4.78 is 5.74. The smallest absolute Gasteiger partial charge is 0.257 e. The van der Waals surface area contributed by atoms with Crippen molar-refractivity contribution in [1.82, 2.24) is 9.88 Å². The molecule has 1 saturated heterocycles. The zero-order valence-electron chi connectivity index (χ0n) is 14.2. The van der Waals surface area contributed by atoms with E-state index in [0.717, 1.165) is 25.3 Å². The lowest BCUT2D eigenvalue weighted by Crippen LogP contribution is -2.44. The Labute approximate surface area is 151 Å². The highest BCUT2D eigenvalue weighted by molar-refractivity contribution is 7.13. The number of anilines is 1. The Balaban J connectivity index is 1.59. The lowest BCUT2D eigenvalue weighted by Gasteiger charge is -2.34. The molecule has 1 N–H and O–H groups in total. The third-order valence-electron chi connectivity index (χ3n) is 3.93. The topological polar surface area (TPSA) is 78.3 Å². The van der Waals surface area contributed by atoms with Gasteiger partial charge in [-0.2, -0.15) is 5.26 Å². The van der Waals surface area contributed by atoms with Gasteiger partial charge in [0, 0.05) is 30.6 Å². The van der Waals surface area contributed by atoms with Crippen LogP contribution in [-0.2, 0) is 11.3 Å². The predicted octanol–water partition coefficient (Wildman–Crippen LogP) is 2.88. The second-order valence-corrected chi connectivity index (χ2v) is 7.10. The Morgan fingerprint density at radius 2 is 2.04 bits per heavy atom. The number of rotatable bonds is 4. The fraction of sp³-hybridized carbons (Fsp3) is 0.389. The second-order valence-electron chi connectivity index (χ2n) is 6.24. The largest absolute Gasteiger partial charge is 0.373 e. The summed E-state index contributed by atoms with van der Waals surface area (Å²) in [6.07, 6.45) is 0.441. The van der Waals surface area contributed by atoms with Crippen LogP contribution in [0.1, 0.15) is 35.5 Å². The van der Waals surface area contributed by atoms with E-state index < -0.39 is 0 Å². The number of aromatic nitrogens is 1. The summed E-state index contributed by atoms with van der Waals surface area (Å²) in [4.78, 5) is 19.1. The minimum atomic E-state index is -0.223. The van der Waals surface area contributed by atoms with E-state index >= 15 is 0 Å². The fourth-order valence-electron chi connectivity index (χ4n) is 2.95. The molecule has 0 aliphatic carbocycles. The molecule has 1 aliphatic rings. The highest BCUT2D eigenvalue weighted by Crippen LogP contribution is 2.20. The number of amides is 1. The fourth-order valence-corrected chi connectivity index (χ4v) is 3.64. The molecule has 1 fully saturated rings. The molecule has 0 saturated carbocycles.